The highest BCUT2D eigenvalue weighted by atomic mass is 16.5. The number of hydrogen-bond acceptors (Lipinski definition) is 4. The van der Waals surface area contributed by atoms with Gasteiger partial charge in [0.05, 0.1) is 0 Å². The Morgan fingerprint density at radius 2 is 2.15 bits per heavy atom. The van der Waals surface area contributed by atoms with Gasteiger partial charge in [0, 0.05) is 39.3 Å². The molecule has 0 aromatic rings. The van der Waals surface area contributed by atoms with Gasteiger partial charge in [-0.2, -0.15) is 0 Å². The van der Waals surface area contributed by atoms with E-state index in [0.717, 1.165) is 45.8 Å². The molecule has 0 aromatic carbocycles. The molecule has 0 aliphatic carbocycles. The summed E-state index contributed by atoms with van der Waals surface area (Å²) in [5.41, 5.74) is 5.47. The molecule has 0 saturated carbocycles. The van der Waals surface area contributed by atoms with Gasteiger partial charge in [-0.05, 0) is 13.3 Å². The van der Waals surface area contributed by atoms with Crippen molar-refractivity contribution in [2.75, 3.05) is 39.3 Å². The molecule has 4 nitrogen and oxygen atoms in total. The first-order valence-corrected chi connectivity index (χ1v) is 5.09. The first kappa shape index (κ1) is 10.9. The molecular formula is C9H21N3O. The molecule has 0 radical (unpaired) electrons. The Bertz CT molecular complexity index is 124. The Kier molecular flexibility index (Phi) is 5.31. The van der Waals surface area contributed by atoms with Gasteiger partial charge < -0.3 is 20.7 Å². The van der Waals surface area contributed by atoms with Crippen LogP contribution < -0.4 is 11.1 Å². The molecule has 1 unspecified atom stereocenters. The highest BCUT2D eigenvalue weighted by Crippen LogP contribution is 1.95. The lowest BCUT2D eigenvalue weighted by molar-refractivity contribution is 0.0621. The molecule has 1 atom stereocenters. The van der Waals surface area contributed by atoms with E-state index < -0.39 is 0 Å². The van der Waals surface area contributed by atoms with Crippen molar-refractivity contribution in [3.8, 4) is 0 Å². The SMILES string of the molecule is CC(N)OCCCN1CCNCC1. The number of rotatable bonds is 5. The van der Waals surface area contributed by atoms with Crippen molar-refractivity contribution >= 4 is 0 Å². The van der Waals surface area contributed by atoms with Crippen LogP contribution in [0, 0.1) is 0 Å². The summed E-state index contributed by atoms with van der Waals surface area (Å²) in [7, 11) is 0. The summed E-state index contributed by atoms with van der Waals surface area (Å²) in [6, 6.07) is 0. The van der Waals surface area contributed by atoms with E-state index in [2.05, 4.69) is 10.2 Å². The van der Waals surface area contributed by atoms with Gasteiger partial charge in [0.1, 0.15) is 6.23 Å². The third kappa shape index (κ3) is 5.21. The van der Waals surface area contributed by atoms with Crippen LogP contribution in [0.4, 0.5) is 0 Å². The van der Waals surface area contributed by atoms with E-state index >= 15 is 0 Å². The quantitative estimate of drug-likeness (QED) is 0.454. The Morgan fingerprint density at radius 1 is 1.46 bits per heavy atom. The van der Waals surface area contributed by atoms with Crippen molar-refractivity contribution in [2.45, 2.75) is 19.6 Å². The topological polar surface area (TPSA) is 50.5 Å². The zero-order valence-corrected chi connectivity index (χ0v) is 8.46. The van der Waals surface area contributed by atoms with Crippen LogP contribution in [0.1, 0.15) is 13.3 Å². The molecule has 0 bridgehead atoms. The van der Waals surface area contributed by atoms with Gasteiger partial charge in [0.2, 0.25) is 0 Å². The van der Waals surface area contributed by atoms with Crippen LogP contribution in [-0.4, -0.2) is 50.5 Å². The van der Waals surface area contributed by atoms with Crippen molar-refractivity contribution in [1.82, 2.24) is 10.2 Å². The average Bonchev–Trinajstić information content (AvgIpc) is 2.14. The number of piperazine rings is 1. The van der Waals surface area contributed by atoms with Crippen LogP contribution in [-0.2, 0) is 4.74 Å². The highest BCUT2D eigenvalue weighted by molar-refractivity contribution is 4.66. The number of nitrogens with one attached hydrogen (secondary N) is 1. The van der Waals surface area contributed by atoms with E-state index in [1.165, 1.54) is 0 Å². The van der Waals surface area contributed by atoms with Crippen LogP contribution in [0.5, 0.6) is 0 Å². The van der Waals surface area contributed by atoms with Gasteiger partial charge in [-0.3, -0.25) is 0 Å². The van der Waals surface area contributed by atoms with Gasteiger partial charge in [-0.25, -0.2) is 0 Å². The molecule has 1 saturated heterocycles. The molecule has 1 rings (SSSR count). The fourth-order valence-electron chi connectivity index (χ4n) is 1.49. The Labute approximate surface area is 80.4 Å². The summed E-state index contributed by atoms with van der Waals surface area (Å²) in [6.07, 6.45) is 0.963. The Hall–Kier alpha value is -0.160. The second-order valence-corrected chi connectivity index (χ2v) is 3.52. The lowest BCUT2D eigenvalue weighted by Crippen LogP contribution is -2.44. The van der Waals surface area contributed by atoms with E-state index in [9.17, 15) is 0 Å². The van der Waals surface area contributed by atoms with E-state index in [4.69, 9.17) is 10.5 Å². The van der Waals surface area contributed by atoms with Gasteiger partial charge in [-0.1, -0.05) is 0 Å². The van der Waals surface area contributed by atoms with Crippen molar-refractivity contribution in [1.29, 1.82) is 0 Å². The van der Waals surface area contributed by atoms with Crippen LogP contribution in [0.2, 0.25) is 0 Å². The summed E-state index contributed by atoms with van der Waals surface area (Å²) in [4.78, 5) is 2.46. The molecule has 13 heavy (non-hydrogen) atoms. The molecule has 1 heterocycles. The van der Waals surface area contributed by atoms with Crippen LogP contribution >= 0.6 is 0 Å². The van der Waals surface area contributed by atoms with Gasteiger partial charge in [0.15, 0.2) is 0 Å². The first-order chi connectivity index (χ1) is 6.29. The highest BCUT2D eigenvalue weighted by Gasteiger charge is 2.08. The van der Waals surface area contributed by atoms with E-state index in [0.29, 0.717) is 0 Å². The molecule has 78 valence electrons. The minimum atomic E-state index is -0.122. The molecule has 1 aliphatic heterocycles. The summed E-state index contributed by atoms with van der Waals surface area (Å²) in [5, 5.41) is 3.33. The number of hydrogen-bond donors (Lipinski definition) is 2. The average molecular weight is 187 g/mol. The van der Waals surface area contributed by atoms with Gasteiger partial charge in [0.25, 0.3) is 0 Å². The minimum Gasteiger partial charge on any atom is -0.364 e. The third-order valence-electron chi connectivity index (χ3n) is 2.21. The van der Waals surface area contributed by atoms with Crippen molar-refractivity contribution in [3.05, 3.63) is 0 Å². The molecule has 3 N–H and O–H groups in total. The monoisotopic (exact) mass is 187 g/mol. The summed E-state index contributed by atoms with van der Waals surface area (Å²) in [5.74, 6) is 0. The second kappa shape index (κ2) is 6.32. The molecule has 1 fully saturated rings. The molecule has 1 aliphatic rings. The molecule has 0 spiro atoms. The maximum Gasteiger partial charge on any atom is 0.102 e. The maximum atomic E-state index is 5.47. The summed E-state index contributed by atoms with van der Waals surface area (Å²) >= 11 is 0. The van der Waals surface area contributed by atoms with Crippen LogP contribution in [0.3, 0.4) is 0 Å². The van der Waals surface area contributed by atoms with E-state index in [1.807, 2.05) is 6.92 Å². The summed E-state index contributed by atoms with van der Waals surface area (Å²) < 4.78 is 5.27. The third-order valence-corrected chi connectivity index (χ3v) is 2.21. The van der Waals surface area contributed by atoms with Crippen molar-refractivity contribution in [3.63, 3.8) is 0 Å². The maximum absolute atomic E-state index is 5.47. The predicted octanol–water partition coefficient (Wildman–Crippen LogP) is -0.397. The molecular weight excluding hydrogens is 166 g/mol. The normalized spacial score (nSPS) is 21.7. The lowest BCUT2D eigenvalue weighted by atomic mass is 10.3. The Morgan fingerprint density at radius 3 is 2.77 bits per heavy atom. The van der Waals surface area contributed by atoms with Crippen LogP contribution in [0.25, 0.3) is 0 Å². The largest absolute Gasteiger partial charge is 0.364 e. The van der Waals surface area contributed by atoms with Crippen LogP contribution in [0.15, 0.2) is 0 Å². The molecule has 0 amide bonds. The minimum absolute atomic E-state index is 0.122. The summed E-state index contributed by atoms with van der Waals surface area (Å²) in [6.45, 7) is 8.35. The second-order valence-electron chi connectivity index (χ2n) is 3.52. The van der Waals surface area contributed by atoms with Crippen molar-refractivity contribution in [2.24, 2.45) is 5.73 Å². The van der Waals surface area contributed by atoms with E-state index in [1.54, 1.807) is 0 Å². The van der Waals surface area contributed by atoms with Gasteiger partial charge in [-0.15, -0.1) is 0 Å². The standard InChI is InChI=1S/C9H21N3O/c1-9(10)13-8-2-5-12-6-3-11-4-7-12/h9,11H,2-8,10H2,1H3. The fraction of sp³-hybridized carbons (Fsp3) is 1.00. The number of ether oxygens (including phenoxy) is 1. The lowest BCUT2D eigenvalue weighted by Gasteiger charge is -2.27. The number of nitrogens with two attached hydrogens (primary N) is 1. The molecule has 4 heteroatoms. The fourth-order valence-corrected chi connectivity index (χ4v) is 1.49. The molecule has 0 aromatic heterocycles. The predicted molar refractivity (Wildman–Crippen MR) is 53.5 cm³/mol. The Balaban J connectivity index is 1.92. The smallest absolute Gasteiger partial charge is 0.102 e. The van der Waals surface area contributed by atoms with E-state index in [-0.39, 0.29) is 6.23 Å². The van der Waals surface area contributed by atoms with Crippen molar-refractivity contribution < 1.29 is 4.74 Å². The number of nitrogens with zero attached hydrogens (tertiary/aromatic N) is 1. The zero-order chi connectivity index (χ0) is 9.52. The zero-order valence-electron chi connectivity index (χ0n) is 8.46. The van der Waals surface area contributed by atoms with Gasteiger partial charge >= 0.3 is 0 Å². The first-order valence-electron chi connectivity index (χ1n) is 5.09.